The van der Waals surface area contributed by atoms with E-state index >= 15 is 0 Å². The molecule has 2 fully saturated rings. The zero-order chi connectivity index (χ0) is 11.0. The molecule has 0 aromatic rings. The van der Waals surface area contributed by atoms with Gasteiger partial charge in [-0.2, -0.15) is 0 Å². The molecule has 0 aromatic carbocycles. The fraction of sp³-hybridized carbons (Fsp3) is 0.667. The molecule has 0 aromatic heterocycles. The highest BCUT2D eigenvalue weighted by Crippen LogP contribution is 2.21. The molecular formula is C9H12N2O4. The highest BCUT2D eigenvalue weighted by Gasteiger charge is 2.40. The van der Waals surface area contributed by atoms with E-state index in [-0.39, 0.29) is 37.2 Å². The number of nitrogens with zero attached hydrogens (tertiary/aromatic N) is 1. The molecule has 2 aliphatic rings. The smallest absolute Gasteiger partial charge is 0.310 e. The monoisotopic (exact) mass is 212 g/mol. The third kappa shape index (κ3) is 1.79. The number of rotatable bonds is 2. The molecule has 1 unspecified atom stereocenters. The zero-order valence-electron chi connectivity index (χ0n) is 8.10. The number of amides is 2. The second-order valence-electron chi connectivity index (χ2n) is 3.98. The van der Waals surface area contributed by atoms with Gasteiger partial charge in [-0.1, -0.05) is 0 Å². The molecule has 15 heavy (non-hydrogen) atoms. The molecule has 0 aliphatic carbocycles. The van der Waals surface area contributed by atoms with Crippen LogP contribution < -0.4 is 5.32 Å². The predicted molar refractivity (Wildman–Crippen MR) is 48.8 cm³/mol. The van der Waals surface area contributed by atoms with E-state index in [1.54, 1.807) is 0 Å². The summed E-state index contributed by atoms with van der Waals surface area (Å²) in [5.74, 6) is -1.81. The van der Waals surface area contributed by atoms with Crippen LogP contribution in [0.4, 0.5) is 0 Å². The van der Waals surface area contributed by atoms with Gasteiger partial charge in [0.2, 0.25) is 11.8 Å². The lowest BCUT2D eigenvalue weighted by Crippen LogP contribution is -2.54. The maximum atomic E-state index is 11.7. The molecule has 2 saturated heterocycles. The topological polar surface area (TPSA) is 86.7 Å². The lowest BCUT2D eigenvalue weighted by molar-refractivity contribution is -0.154. The number of aliphatic carboxylic acids is 1. The van der Waals surface area contributed by atoms with Gasteiger partial charge in [0.05, 0.1) is 11.8 Å². The van der Waals surface area contributed by atoms with Crippen molar-refractivity contribution in [2.24, 2.45) is 11.8 Å². The van der Waals surface area contributed by atoms with Gasteiger partial charge in [0.1, 0.15) is 0 Å². The quantitative estimate of drug-likeness (QED) is 0.593. The maximum Gasteiger partial charge on any atom is 0.310 e. The molecule has 2 heterocycles. The highest BCUT2D eigenvalue weighted by atomic mass is 16.4. The first-order valence-corrected chi connectivity index (χ1v) is 4.86. The number of hydrogen-bond donors (Lipinski definition) is 2. The van der Waals surface area contributed by atoms with Crippen molar-refractivity contribution in [3.05, 3.63) is 0 Å². The Hall–Kier alpha value is -1.59. The minimum atomic E-state index is -0.861. The summed E-state index contributed by atoms with van der Waals surface area (Å²) in [4.78, 5) is 34.6. The summed E-state index contributed by atoms with van der Waals surface area (Å²) < 4.78 is 0. The highest BCUT2D eigenvalue weighted by molar-refractivity contribution is 5.90. The minimum Gasteiger partial charge on any atom is -0.481 e. The van der Waals surface area contributed by atoms with Gasteiger partial charge in [0.25, 0.3) is 0 Å². The number of carbonyl (C=O) groups excluding carboxylic acids is 2. The Kier molecular flexibility index (Phi) is 2.34. The Balaban J connectivity index is 1.84. The van der Waals surface area contributed by atoms with Gasteiger partial charge in [-0.25, -0.2) is 0 Å². The van der Waals surface area contributed by atoms with Crippen LogP contribution in [0.15, 0.2) is 0 Å². The van der Waals surface area contributed by atoms with E-state index in [0.29, 0.717) is 6.54 Å². The molecule has 2 rings (SSSR count). The van der Waals surface area contributed by atoms with Crippen LogP contribution in [0, 0.1) is 11.8 Å². The lowest BCUT2D eigenvalue weighted by Gasteiger charge is -2.37. The standard InChI is InChI=1S/C9H12N2O4/c12-7-1-5(2-10-7)8(13)11-3-6(4-11)9(14)15/h5-6H,1-4H2,(H,10,12)(H,14,15). The van der Waals surface area contributed by atoms with Crippen molar-refractivity contribution < 1.29 is 19.5 Å². The number of likely N-dealkylation sites (tertiary alicyclic amines) is 1. The molecule has 0 bridgehead atoms. The van der Waals surface area contributed by atoms with E-state index in [1.807, 2.05) is 0 Å². The van der Waals surface area contributed by atoms with Gasteiger partial charge in [-0.05, 0) is 0 Å². The molecule has 2 aliphatic heterocycles. The number of carboxylic acid groups (broad SMARTS) is 1. The summed E-state index contributed by atoms with van der Waals surface area (Å²) in [6, 6.07) is 0. The molecule has 0 radical (unpaired) electrons. The van der Waals surface area contributed by atoms with Crippen LogP contribution in [0.25, 0.3) is 0 Å². The number of nitrogens with one attached hydrogen (secondary N) is 1. The van der Waals surface area contributed by atoms with E-state index in [0.717, 1.165) is 0 Å². The largest absolute Gasteiger partial charge is 0.481 e. The molecule has 2 amide bonds. The van der Waals surface area contributed by atoms with Gasteiger partial charge in [0, 0.05) is 26.1 Å². The van der Waals surface area contributed by atoms with E-state index in [4.69, 9.17) is 5.11 Å². The third-order valence-electron chi connectivity index (χ3n) is 2.87. The first-order chi connectivity index (χ1) is 7.08. The van der Waals surface area contributed by atoms with E-state index in [1.165, 1.54) is 4.90 Å². The number of hydrogen-bond acceptors (Lipinski definition) is 3. The van der Waals surface area contributed by atoms with Crippen molar-refractivity contribution in [2.75, 3.05) is 19.6 Å². The average molecular weight is 212 g/mol. The van der Waals surface area contributed by atoms with Crippen LogP contribution >= 0.6 is 0 Å². The molecule has 0 spiro atoms. The van der Waals surface area contributed by atoms with Crippen molar-refractivity contribution in [3.8, 4) is 0 Å². The van der Waals surface area contributed by atoms with E-state index < -0.39 is 11.9 Å². The second-order valence-corrected chi connectivity index (χ2v) is 3.98. The number of carboxylic acids is 1. The molecule has 6 heteroatoms. The molecule has 2 N–H and O–H groups in total. The Morgan fingerprint density at radius 1 is 1.33 bits per heavy atom. The van der Waals surface area contributed by atoms with E-state index in [9.17, 15) is 14.4 Å². The molecular weight excluding hydrogens is 200 g/mol. The van der Waals surface area contributed by atoms with E-state index in [2.05, 4.69) is 5.32 Å². The summed E-state index contributed by atoms with van der Waals surface area (Å²) in [5, 5.41) is 11.2. The minimum absolute atomic E-state index is 0.106. The van der Waals surface area contributed by atoms with Gasteiger partial charge in [-0.15, -0.1) is 0 Å². The first kappa shape index (κ1) is 9.95. The second kappa shape index (κ2) is 3.52. The number of carbonyl (C=O) groups is 3. The summed E-state index contributed by atoms with van der Waals surface area (Å²) in [7, 11) is 0. The summed E-state index contributed by atoms with van der Waals surface area (Å²) in [5.41, 5.74) is 0. The molecule has 6 nitrogen and oxygen atoms in total. The third-order valence-corrected chi connectivity index (χ3v) is 2.87. The van der Waals surface area contributed by atoms with Crippen LogP contribution in [0.5, 0.6) is 0 Å². The van der Waals surface area contributed by atoms with Gasteiger partial charge in [0.15, 0.2) is 0 Å². The fourth-order valence-corrected chi connectivity index (χ4v) is 1.85. The normalized spacial score (nSPS) is 26.0. The Bertz CT molecular complexity index is 322. The van der Waals surface area contributed by atoms with Crippen molar-refractivity contribution in [1.29, 1.82) is 0 Å². The summed E-state index contributed by atoms with van der Waals surface area (Å²) in [6.45, 7) is 0.934. The predicted octanol–water partition coefficient (Wildman–Crippen LogP) is -1.33. The van der Waals surface area contributed by atoms with Crippen LogP contribution in [0.3, 0.4) is 0 Å². The first-order valence-electron chi connectivity index (χ1n) is 4.86. The maximum absolute atomic E-state index is 11.7. The Labute approximate surface area is 86.2 Å². The van der Waals surface area contributed by atoms with Crippen molar-refractivity contribution in [1.82, 2.24) is 10.2 Å². The van der Waals surface area contributed by atoms with Crippen molar-refractivity contribution in [2.45, 2.75) is 6.42 Å². The van der Waals surface area contributed by atoms with Gasteiger partial charge >= 0.3 is 5.97 Å². The van der Waals surface area contributed by atoms with Crippen LogP contribution in [-0.4, -0.2) is 47.4 Å². The van der Waals surface area contributed by atoms with Crippen LogP contribution in [0.1, 0.15) is 6.42 Å². The van der Waals surface area contributed by atoms with Crippen LogP contribution in [-0.2, 0) is 14.4 Å². The van der Waals surface area contributed by atoms with Gasteiger partial charge in [-0.3, -0.25) is 14.4 Å². The molecule has 82 valence electrons. The van der Waals surface area contributed by atoms with Crippen molar-refractivity contribution >= 4 is 17.8 Å². The molecule has 1 atom stereocenters. The lowest BCUT2D eigenvalue weighted by atomic mass is 9.97. The SMILES string of the molecule is O=C1CC(C(=O)N2CC(C(=O)O)C2)CN1. The fourth-order valence-electron chi connectivity index (χ4n) is 1.85. The molecule has 0 saturated carbocycles. The average Bonchev–Trinajstić information content (AvgIpc) is 2.48. The van der Waals surface area contributed by atoms with Crippen LogP contribution in [0.2, 0.25) is 0 Å². The Morgan fingerprint density at radius 2 is 2.00 bits per heavy atom. The zero-order valence-corrected chi connectivity index (χ0v) is 8.10. The van der Waals surface area contributed by atoms with Gasteiger partial charge < -0.3 is 15.3 Å². The van der Waals surface area contributed by atoms with Crippen molar-refractivity contribution in [3.63, 3.8) is 0 Å². The summed E-state index contributed by atoms with van der Waals surface area (Å²) >= 11 is 0. The Morgan fingerprint density at radius 3 is 2.47 bits per heavy atom. The summed E-state index contributed by atoms with van der Waals surface area (Å²) in [6.07, 6.45) is 0.229.